The number of nitrogens with one attached hydrogen (secondary N) is 1. The molecule has 106 valence electrons. The van der Waals surface area contributed by atoms with E-state index in [9.17, 15) is 4.79 Å². The van der Waals surface area contributed by atoms with Crippen LogP contribution in [0.2, 0.25) is 5.02 Å². The van der Waals surface area contributed by atoms with E-state index in [2.05, 4.69) is 5.32 Å². The summed E-state index contributed by atoms with van der Waals surface area (Å²) in [5.74, 6) is -0.216. The minimum Gasteiger partial charge on any atom is -0.397 e. The zero-order valence-corrected chi connectivity index (χ0v) is 12.5. The average molecular weight is 292 g/mol. The quantitative estimate of drug-likeness (QED) is 0.902. The van der Waals surface area contributed by atoms with E-state index in [1.165, 1.54) is 0 Å². The second kappa shape index (κ2) is 5.59. The highest BCUT2D eigenvalue weighted by Crippen LogP contribution is 2.26. The third kappa shape index (κ3) is 2.80. The lowest BCUT2D eigenvalue weighted by Gasteiger charge is -2.14. The lowest BCUT2D eigenvalue weighted by atomic mass is 10.2. The van der Waals surface area contributed by atoms with Crippen molar-refractivity contribution in [2.45, 2.75) is 26.8 Å². The Morgan fingerprint density at radius 3 is 2.70 bits per heavy atom. The molecular weight excluding hydrogens is 274 g/mol. The third-order valence-electron chi connectivity index (χ3n) is 3.12. The SMILES string of the molecule is Cc1cccc(Cl)c1NC(=O)c1cc(N)cn1C(C)C. The number of nitrogen functional groups attached to an aromatic ring is 1. The van der Waals surface area contributed by atoms with Crippen LogP contribution < -0.4 is 11.1 Å². The van der Waals surface area contributed by atoms with Crippen LogP contribution in [0.25, 0.3) is 0 Å². The van der Waals surface area contributed by atoms with Gasteiger partial charge in [-0.2, -0.15) is 0 Å². The van der Waals surface area contributed by atoms with Crippen LogP contribution in [0.4, 0.5) is 11.4 Å². The molecule has 0 bridgehead atoms. The Balaban J connectivity index is 2.34. The molecule has 0 spiro atoms. The maximum Gasteiger partial charge on any atom is 0.272 e. The molecule has 1 heterocycles. The van der Waals surface area contributed by atoms with Crippen molar-refractivity contribution >= 4 is 28.9 Å². The number of nitrogens with zero attached hydrogens (tertiary/aromatic N) is 1. The maximum atomic E-state index is 12.4. The topological polar surface area (TPSA) is 60.1 Å². The van der Waals surface area contributed by atoms with Crippen molar-refractivity contribution in [3.63, 3.8) is 0 Å². The van der Waals surface area contributed by atoms with Gasteiger partial charge in [-0.15, -0.1) is 0 Å². The van der Waals surface area contributed by atoms with Gasteiger partial charge in [0.1, 0.15) is 5.69 Å². The summed E-state index contributed by atoms with van der Waals surface area (Å²) >= 11 is 6.12. The summed E-state index contributed by atoms with van der Waals surface area (Å²) in [7, 11) is 0. The van der Waals surface area contributed by atoms with E-state index in [1.807, 2.05) is 37.5 Å². The number of hydrogen-bond donors (Lipinski definition) is 2. The van der Waals surface area contributed by atoms with E-state index in [0.717, 1.165) is 5.56 Å². The summed E-state index contributed by atoms with van der Waals surface area (Å²) in [5.41, 5.74) is 8.43. The van der Waals surface area contributed by atoms with Gasteiger partial charge in [0, 0.05) is 12.2 Å². The molecule has 4 nitrogen and oxygen atoms in total. The Morgan fingerprint density at radius 2 is 2.10 bits per heavy atom. The monoisotopic (exact) mass is 291 g/mol. The van der Waals surface area contributed by atoms with Gasteiger partial charge < -0.3 is 15.6 Å². The van der Waals surface area contributed by atoms with Crippen molar-refractivity contribution in [1.82, 2.24) is 4.57 Å². The van der Waals surface area contributed by atoms with Crippen LogP contribution in [0, 0.1) is 6.92 Å². The van der Waals surface area contributed by atoms with E-state index in [-0.39, 0.29) is 11.9 Å². The van der Waals surface area contributed by atoms with Gasteiger partial charge in [0.2, 0.25) is 0 Å². The summed E-state index contributed by atoms with van der Waals surface area (Å²) in [6, 6.07) is 7.32. The maximum absolute atomic E-state index is 12.4. The molecule has 0 radical (unpaired) electrons. The summed E-state index contributed by atoms with van der Waals surface area (Å²) in [5, 5.41) is 3.38. The Morgan fingerprint density at radius 1 is 1.40 bits per heavy atom. The smallest absolute Gasteiger partial charge is 0.272 e. The summed E-state index contributed by atoms with van der Waals surface area (Å²) in [6.45, 7) is 5.89. The summed E-state index contributed by atoms with van der Waals surface area (Å²) in [6.07, 6.45) is 1.76. The molecule has 0 saturated heterocycles. The molecule has 0 fully saturated rings. The van der Waals surface area contributed by atoms with Gasteiger partial charge in [0.25, 0.3) is 5.91 Å². The predicted octanol–water partition coefficient (Wildman–Crippen LogP) is 3.87. The van der Waals surface area contributed by atoms with Crippen molar-refractivity contribution in [2.75, 3.05) is 11.1 Å². The minimum absolute atomic E-state index is 0.153. The number of carbonyl (C=O) groups is 1. The standard InChI is InChI=1S/C15H18ClN3O/c1-9(2)19-8-11(17)7-13(19)15(20)18-14-10(3)5-4-6-12(14)16/h4-9H,17H2,1-3H3,(H,18,20). The molecule has 0 saturated carbocycles. The zero-order valence-electron chi connectivity index (χ0n) is 11.8. The normalized spacial score (nSPS) is 10.8. The van der Waals surface area contributed by atoms with Crippen LogP contribution in [0.3, 0.4) is 0 Å². The lowest BCUT2D eigenvalue weighted by Crippen LogP contribution is -2.18. The average Bonchev–Trinajstić information content (AvgIpc) is 2.76. The molecule has 2 rings (SSSR count). The number of anilines is 2. The van der Waals surface area contributed by atoms with Gasteiger partial charge in [-0.25, -0.2) is 0 Å². The van der Waals surface area contributed by atoms with Gasteiger partial charge in [-0.3, -0.25) is 4.79 Å². The molecule has 1 aromatic carbocycles. The largest absolute Gasteiger partial charge is 0.397 e. The van der Waals surface area contributed by atoms with Gasteiger partial charge in [-0.05, 0) is 38.5 Å². The van der Waals surface area contributed by atoms with E-state index < -0.39 is 0 Å². The molecule has 20 heavy (non-hydrogen) atoms. The van der Waals surface area contributed by atoms with Crippen LogP contribution >= 0.6 is 11.6 Å². The number of amides is 1. The Kier molecular flexibility index (Phi) is 4.04. The Labute approximate surface area is 123 Å². The van der Waals surface area contributed by atoms with Gasteiger partial charge in [0.15, 0.2) is 0 Å². The molecule has 0 aliphatic heterocycles. The van der Waals surface area contributed by atoms with Crippen LogP contribution in [-0.2, 0) is 0 Å². The number of aromatic nitrogens is 1. The molecule has 0 aliphatic carbocycles. The second-order valence-electron chi connectivity index (χ2n) is 5.05. The Bertz CT molecular complexity index is 626. The molecule has 0 aliphatic rings. The first kappa shape index (κ1) is 14.5. The van der Waals surface area contributed by atoms with Crippen molar-refractivity contribution < 1.29 is 4.79 Å². The van der Waals surface area contributed by atoms with E-state index in [1.54, 1.807) is 18.3 Å². The van der Waals surface area contributed by atoms with Crippen LogP contribution in [0.5, 0.6) is 0 Å². The number of aryl methyl sites for hydroxylation is 1. The first-order chi connectivity index (χ1) is 9.40. The van der Waals surface area contributed by atoms with Gasteiger partial charge in [0.05, 0.1) is 16.4 Å². The fraction of sp³-hybridized carbons (Fsp3) is 0.267. The van der Waals surface area contributed by atoms with E-state index >= 15 is 0 Å². The zero-order chi connectivity index (χ0) is 14.9. The van der Waals surface area contributed by atoms with Crippen molar-refractivity contribution in [2.24, 2.45) is 0 Å². The highest BCUT2D eigenvalue weighted by atomic mass is 35.5. The highest BCUT2D eigenvalue weighted by molar-refractivity contribution is 6.34. The van der Waals surface area contributed by atoms with E-state index in [4.69, 9.17) is 17.3 Å². The fourth-order valence-electron chi connectivity index (χ4n) is 2.08. The van der Waals surface area contributed by atoms with E-state index in [0.29, 0.717) is 22.1 Å². The molecule has 1 aromatic heterocycles. The molecule has 0 unspecified atom stereocenters. The van der Waals surface area contributed by atoms with Crippen LogP contribution in [0.15, 0.2) is 30.5 Å². The summed E-state index contributed by atoms with van der Waals surface area (Å²) < 4.78 is 1.84. The lowest BCUT2D eigenvalue weighted by molar-refractivity contribution is 0.101. The second-order valence-corrected chi connectivity index (χ2v) is 5.45. The number of halogens is 1. The van der Waals surface area contributed by atoms with Crippen molar-refractivity contribution in [1.29, 1.82) is 0 Å². The van der Waals surface area contributed by atoms with Crippen molar-refractivity contribution in [3.8, 4) is 0 Å². The summed E-state index contributed by atoms with van der Waals surface area (Å²) in [4.78, 5) is 12.4. The molecule has 0 atom stereocenters. The third-order valence-corrected chi connectivity index (χ3v) is 3.43. The first-order valence-corrected chi connectivity index (χ1v) is 6.81. The van der Waals surface area contributed by atoms with Gasteiger partial charge in [-0.1, -0.05) is 23.7 Å². The molecule has 2 aromatic rings. The molecule has 3 N–H and O–H groups in total. The number of para-hydroxylation sites is 1. The first-order valence-electron chi connectivity index (χ1n) is 6.44. The fourth-order valence-corrected chi connectivity index (χ4v) is 2.35. The molecule has 1 amide bonds. The predicted molar refractivity (Wildman–Crippen MR) is 83.4 cm³/mol. The van der Waals surface area contributed by atoms with Crippen LogP contribution in [0.1, 0.15) is 35.9 Å². The number of carbonyl (C=O) groups excluding carboxylic acids is 1. The van der Waals surface area contributed by atoms with Crippen molar-refractivity contribution in [3.05, 3.63) is 46.7 Å². The number of benzene rings is 1. The minimum atomic E-state index is -0.216. The highest BCUT2D eigenvalue weighted by Gasteiger charge is 2.16. The Hall–Kier alpha value is -1.94. The van der Waals surface area contributed by atoms with Gasteiger partial charge >= 0.3 is 0 Å². The molecule has 5 heteroatoms. The number of rotatable bonds is 3. The number of nitrogens with two attached hydrogens (primary N) is 1. The van der Waals surface area contributed by atoms with Crippen LogP contribution in [-0.4, -0.2) is 10.5 Å². The number of hydrogen-bond acceptors (Lipinski definition) is 2. The molecular formula is C15H18ClN3O.